The standard InChI is InChI=1S/C24H22F3N5O2/c1-14-9-17(22-28-7-2-8-29-22)18(12-30-14)23(33)32-13-15-3-5-19(32)20(10-15)34-21-6-4-16(11-31-21)24(25,26)27/h2,4,6-9,11-12,15,19-20H,3,5,10,13H2,1H3/t15-,19-,20+/m0/s1. The third-order valence-electron chi connectivity index (χ3n) is 6.40. The van der Waals surface area contributed by atoms with Crippen molar-refractivity contribution in [1.82, 2.24) is 24.8 Å². The third-order valence-corrected chi connectivity index (χ3v) is 6.40. The highest BCUT2D eigenvalue weighted by molar-refractivity contribution is 6.00. The van der Waals surface area contributed by atoms with Gasteiger partial charge < -0.3 is 9.64 Å². The van der Waals surface area contributed by atoms with Gasteiger partial charge in [-0.05, 0) is 50.3 Å². The monoisotopic (exact) mass is 469 g/mol. The van der Waals surface area contributed by atoms with E-state index in [1.54, 1.807) is 35.6 Å². The number of carbonyl (C=O) groups is 1. The number of hydrogen-bond acceptors (Lipinski definition) is 6. The molecule has 10 heteroatoms. The van der Waals surface area contributed by atoms with E-state index < -0.39 is 11.7 Å². The minimum absolute atomic E-state index is 0.119. The van der Waals surface area contributed by atoms with Crippen LogP contribution >= 0.6 is 0 Å². The Labute approximate surface area is 194 Å². The smallest absolute Gasteiger partial charge is 0.417 e. The summed E-state index contributed by atoms with van der Waals surface area (Å²) in [6.45, 7) is 2.43. The Morgan fingerprint density at radius 3 is 2.56 bits per heavy atom. The predicted molar refractivity (Wildman–Crippen MR) is 116 cm³/mol. The molecule has 2 aliphatic heterocycles. The molecule has 3 aromatic heterocycles. The van der Waals surface area contributed by atoms with Crippen LogP contribution in [-0.4, -0.2) is 49.4 Å². The Morgan fingerprint density at radius 1 is 1.09 bits per heavy atom. The van der Waals surface area contributed by atoms with Crippen LogP contribution in [-0.2, 0) is 6.18 Å². The van der Waals surface area contributed by atoms with Crippen molar-refractivity contribution >= 4 is 5.91 Å². The SMILES string of the molecule is Cc1cc(-c2ncccn2)c(C(=O)N2C[C@H]3CC[C@H]2[C@H](Oc2ccc(C(F)(F)F)cn2)C3)cn1. The van der Waals surface area contributed by atoms with Crippen molar-refractivity contribution in [1.29, 1.82) is 0 Å². The lowest BCUT2D eigenvalue weighted by molar-refractivity contribution is -0.137. The summed E-state index contributed by atoms with van der Waals surface area (Å²) in [6.07, 6.45) is 3.19. The fourth-order valence-electron chi connectivity index (χ4n) is 4.77. The number of rotatable bonds is 4. The van der Waals surface area contributed by atoms with Crippen molar-refractivity contribution in [3.8, 4) is 17.3 Å². The maximum atomic E-state index is 13.7. The number of ether oxygens (including phenoxy) is 1. The zero-order chi connectivity index (χ0) is 23.9. The quantitative estimate of drug-likeness (QED) is 0.566. The third kappa shape index (κ3) is 4.32. The van der Waals surface area contributed by atoms with Crippen LogP contribution in [0.15, 0.2) is 49.1 Å². The van der Waals surface area contributed by atoms with Gasteiger partial charge in [-0.3, -0.25) is 9.78 Å². The first kappa shape index (κ1) is 22.2. The zero-order valence-electron chi connectivity index (χ0n) is 18.4. The van der Waals surface area contributed by atoms with Crippen LogP contribution in [0.4, 0.5) is 13.2 Å². The van der Waals surface area contributed by atoms with Gasteiger partial charge in [-0.25, -0.2) is 15.0 Å². The molecule has 1 aliphatic carbocycles. The number of piperidine rings is 2. The summed E-state index contributed by atoms with van der Waals surface area (Å²) in [4.78, 5) is 32.2. The molecular formula is C24H22F3N5O2. The number of hydrogen-bond donors (Lipinski definition) is 0. The molecule has 3 fully saturated rings. The van der Waals surface area contributed by atoms with Crippen molar-refractivity contribution in [2.45, 2.75) is 44.5 Å². The fraction of sp³-hybridized carbons (Fsp3) is 0.375. The van der Waals surface area contributed by atoms with E-state index in [0.717, 1.165) is 37.2 Å². The maximum Gasteiger partial charge on any atom is 0.417 e. The van der Waals surface area contributed by atoms with E-state index in [2.05, 4.69) is 19.9 Å². The van der Waals surface area contributed by atoms with Crippen LogP contribution in [0.3, 0.4) is 0 Å². The second kappa shape index (κ2) is 8.66. The van der Waals surface area contributed by atoms with E-state index in [9.17, 15) is 18.0 Å². The van der Waals surface area contributed by atoms with E-state index in [4.69, 9.17) is 4.74 Å². The average Bonchev–Trinajstić information content (AvgIpc) is 2.84. The van der Waals surface area contributed by atoms with Gasteiger partial charge in [-0.1, -0.05) is 0 Å². The number of carbonyl (C=O) groups excluding carboxylic acids is 1. The molecule has 34 heavy (non-hydrogen) atoms. The molecule has 2 bridgehead atoms. The lowest BCUT2D eigenvalue weighted by atomic mass is 9.77. The average molecular weight is 469 g/mol. The minimum Gasteiger partial charge on any atom is -0.472 e. The molecule has 176 valence electrons. The topological polar surface area (TPSA) is 81.1 Å². The van der Waals surface area contributed by atoms with E-state index >= 15 is 0 Å². The highest BCUT2D eigenvalue weighted by Gasteiger charge is 2.45. The molecule has 6 rings (SSSR count). The van der Waals surface area contributed by atoms with E-state index in [0.29, 0.717) is 23.5 Å². The molecule has 0 spiro atoms. The summed E-state index contributed by atoms with van der Waals surface area (Å²) in [7, 11) is 0. The second-order valence-electron chi connectivity index (χ2n) is 8.69. The van der Waals surface area contributed by atoms with Gasteiger partial charge in [0.1, 0.15) is 6.10 Å². The van der Waals surface area contributed by atoms with E-state index in [-0.39, 0.29) is 29.9 Å². The highest BCUT2D eigenvalue weighted by Crippen LogP contribution is 2.39. The van der Waals surface area contributed by atoms with Crippen LogP contribution in [0.25, 0.3) is 11.4 Å². The van der Waals surface area contributed by atoms with Crippen molar-refractivity contribution in [2.24, 2.45) is 5.92 Å². The molecule has 0 N–H and O–H groups in total. The molecule has 3 aliphatic rings. The summed E-state index contributed by atoms with van der Waals surface area (Å²) in [5.41, 5.74) is 0.940. The van der Waals surface area contributed by atoms with Gasteiger partial charge in [0.05, 0.1) is 17.2 Å². The van der Waals surface area contributed by atoms with Crippen LogP contribution < -0.4 is 4.74 Å². The van der Waals surface area contributed by atoms with Crippen molar-refractivity contribution < 1.29 is 22.7 Å². The first-order chi connectivity index (χ1) is 16.3. The van der Waals surface area contributed by atoms with Gasteiger partial charge in [-0.2, -0.15) is 13.2 Å². The van der Waals surface area contributed by atoms with Gasteiger partial charge in [0.25, 0.3) is 5.91 Å². The van der Waals surface area contributed by atoms with Crippen molar-refractivity contribution in [3.05, 3.63) is 65.9 Å². The normalized spacial score (nSPS) is 22.0. The van der Waals surface area contributed by atoms with Crippen molar-refractivity contribution in [3.63, 3.8) is 0 Å². The van der Waals surface area contributed by atoms with E-state index in [1.165, 1.54) is 6.07 Å². The summed E-state index contributed by atoms with van der Waals surface area (Å²) in [5.74, 6) is 0.621. The Balaban J connectivity index is 1.40. The van der Waals surface area contributed by atoms with Gasteiger partial charge in [-0.15, -0.1) is 0 Å². The largest absolute Gasteiger partial charge is 0.472 e. The number of fused-ring (bicyclic) bond motifs is 3. The number of amides is 1. The summed E-state index contributed by atoms with van der Waals surface area (Å²) >= 11 is 0. The first-order valence-corrected chi connectivity index (χ1v) is 11.0. The molecule has 0 aromatic carbocycles. The molecule has 3 aromatic rings. The summed E-state index contributed by atoms with van der Waals surface area (Å²) in [5, 5.41) is 0. The fourth-order valence-corrected chi connectivity index (χ4v) is 4.77. The minimum atomic E-state index is -4.46. The molecule has 3 atom stereocenters. The Bertz CT molecular complexity index is 1190. The number of aromatic nitrogens is 4. The second-order valence-corrected chi connectivity index (χ2v) is 8.69. The molecule has 7 nitrogen and oxygen atoms in total. The Hall–Kier alpha value is -3.56. The van der Waals surface area contributed by atoms with Crippen LogP contribution in [0.1, 0.15) is 40.9 Å². The van der Waals surface area contributed by atoms with Crippen LogP contribution in [0.5, 0.6) is 5.88 Å². The molecular weight excluding hydrogens is 447 g/mol. The van der Waals surface area contributed by atoms with Crippen molar-refractivity contribution in [2.75, 3.05) is 6.54 Å². The molecule has 0 radical (unpaired) electrons. The Morgan fingerprint density at radius 2 is 1.88 bits per heavy atom. The van der Waals surface area contributed by atoms with E-state index in [1.807, 2.05) is 6.92 Å². The predicted octanol–water partition coefficient (Wildman–Crippen LogP) is 4.33. The van der Waals surface area contributed by atoms with Gasteiger partial charge in [0, 0.05) is 48.7 Å². The van der Waals surface area contributed by atoms with Gasteiger partial charge in [0.2, 0.25) is 5.88 Å². The number of alkyl halides is 3. The zero-order valence-corrected chi connectivity index (χ0v) is 18.4. The highest BCUT2D eigenvalue weighted by atomic mass is 19.4. The molecule has 1 saturated carbocycles. The number of halogens is 3. The van der Waals surface area contributed by atoms with Gasteiger partial charge in [0.15, 0.2) is 5.82 Å². The molecule has 0 unspecified atom stereocenters. The summed E-state index contributed by atoms with van der Waals surface area (Å²) in [6, 6.07) is 5.47. The maximum absolute atomic E-state index is 13.7. The van der Waals surface area contributed by atoms with Crippen LogP contribution in [0.2, 0.25) is 0 Å². The molecule has 2 saturated heterocycles. The number of aryl methyl sites for hydroxylation is 1. The lowest BCUT2D eigenvalue weighted by Gasteiger charge is -2.49. The molecule has 1 amide bonds. The number of pyridine rings is 2. The summed E-state index contributed by atoms with van der Waals surface area (Å²) < 4.78 is 44.5. The number of nitrogens with zero attached hydrogens (tertiary/aromatic N) is 5. The van der Waals surface area contributed by atoms with Crippen LogP contribution in [0, 0.1) is 12.8 Å². The first-order valence-electron chi connectivity index (χ1n) is 11.0. The van der Waals surface area contributed by atoms with Gasteiger partial charge >= 0.3 is 6.18 Å². The lowest BCUT2D eigenvalue weighted by Crippen LogP contribution is -2.59. The Kier molecular flexibility index (Phi) is 5.66. The molecule has 5 heterocycles.